The first kappa shape index (κ1) is 15.8. The molecule has 114 valence electrons. The summed E-state index contributed by atoms with van der Waals surface area (Å²) in [6.45, 7) is 1.91. The summed E-state index contributed by atoms with van der Waals surface area (Å²) < 4.78 is 13.6. The van der Waals surface area contributed by atoms with Gasteiger partial charge in [0.15, 0.2) is 0 Å². The SMILES string of the molecule is O=C(CSC1CCNCC1)Nc1cc(C(=O)O)ccc1F. The van der Waals surface area contributed by atoms with Gasteiger partial charge in [0, 0.05) is 5.25 Å². The van der Waals surface area contributed by atoms with Crippen molar-refractivity contribution in [1.82, 2.24) is 5.32 Å². The summed E-state index contributed by atoms with van der Waals surface area (Å²) in [4.78, 5) is 22.7. The lowest BCUT2D eigenvalue weighted by Gasteiger charge is -2.21. The molecule has 1 aromatic carbocycles. The third kappa shape index (κ3) is 4.71. The number of carboxylic acids is 1. The Balaban J connectivity index is 1.89. The zero-order chi connectivity index (χ0) is 15.2. The molecule has 0 bridgehead atoms. The van der Waals surface area contributed by atoms with E-state index in [1.165, 1.54) is 0 Å². The van der Waals surface area contributed by atoms with E-state index in [2.05, 4.69) is 10.6 Å². The van der Waals surface area contributed by atoms with Crippen LogP contribution < -0.4 is 10.6 Å². The van der Waals surface area contributed by atoms with E-state index in [0.717, 1.165) is 44.1 Å². The number of anilines is 1. The van der Waals surface area contributed by atoms with Gasteiger partial charge in [0.1, 0.15) is 5.82 Å². The number of aromatic carboxylic acids is 1. The minimum absolute atomic E-state index is 0.0577. The summed E-state index contributed by atoms with van der Waals surface area (Å²) in [5, 5.41) is 15.0. The van der Waals surface area contributed by atoms with Crippen molar-refractivity contribution in [3.8, 4) is 0 Å². The van der Waals surface area contributed by atoms with Gasteiger partial charge in [0.25, 0.3) is 0 Å². The molecular weight excluding hydrogens is 295 g/mol. The fourth-order valence-corrected chi connectivity index (χ4v) is 3.12. The van der Waals surface area contributed by atoms with Crippen LogP contribution in [0.15, 0.2) is 18.2 Å². The van der Waals surface area contributed by atoms with Crippen LogP contribution in [0.3, 0.4) is 0 Å². The molecule has 1 heterocycles. The van der Waals surface area contributed by atoms with Crippen molar-refractivity contribution in [2.24, 2.45) is 0 Å². The maximum Gasteiger partial charge on any atom is 0.335 e. The number of halogens is 1. The van der Waals surface area contributed by atoms with E-state index in [-0.39, 0.29) is 22.9 Å². The molecule has 0 radical (unpaired) electrons. The van der Waals surface area contributed by atoms with Gasteiger partial charge in [0.2, 0.25) is 5.91 Å². The topological polar surface area (TPSA) is 78.4 Å². The quantitative estimate of drug-likeness (QED) is 0.774. The average molecular weight is 312 g/mol. The van der Waals surface area contributed by atoms with E-state index in [0.29, 0.717) is 5.25 Å². The highest BCUT2D eigenvalue weighted by atomic mass is 32.2. The van der Waals surface area contributed by atoms with Gasteiger partial charge in [-0.1, -0.05) is 0 Å². The Morgan fingerprint density at radius 3 is 2.76 bits per heavy atom. The Kier molecular flexibility index (Phi) is 5.58. The summed E-state index contributed by atoms with van der Waals surface area (Å²) in [5.41, 5.74) is -0.150. The second kappa shape index (κ2) is 7.42. The van der Waals surface area contributed by atoms with Crippen molar-refractivity contribution in [3.63, 3.8) is 0 Å². The fraction of sp³-hybridized carbons (Fsp3) is 0.429. The smallest absolute Gasteiger partial charge is 0.335 e. The summed E-state index contributed by atoms with van der Waals surface area (Å²) in [5.74, 6) is -1.88. The molecule has 0 aliphatic carbocycles. The first-order chi connectivity index (χ1) is 10.1. The number of carbonyl (C=O) groups is 2. The number of carboxylic acid groups (broad SMARTS) is 1. The predicted molar refractivity (Wildman–Crippen MR) is 80.3 cm³/mol. The second-order valence-electron chi connectivity index (χ2n) is 4.81. The maximum atomic E-state index is 13.6. The molecule has 1 fully saturated rings. The zero-order valence-corrected chi connectivity index (χ0v) is 12.2. The molecule has 0 aromatic heterocycles. The average Bonchev–Trinajstić information content (AvgIpc) is 2.48. The number of hydrogen-bond acceptors (Lipinski definition) is 4. The van der Waals surface area contributed by atoms with E-state index in [9.17, 15) is 14.0 Å². The summed E-state index contributed by atoms with van der Waals surface area (Å²) in [6.07, 6.45) is 2.03. The Morgan fingerprint density at radius 1 is 1.38 bits per heavy atom. The third-order valence-corrected chi connectivity index (χ3v) is 4.60. The highest BCUT2D eigenvalue weighted by molar-refractivity contribution is 8.00. The van der Waals surface area contributed by atoms with Gasteiger partial charge in [-0.25, -0.2) is 9.18 Å². The van der Waals surface area contributed by atoms with Gasteiger partial charge in [0.05, 0.1) is 17.0 Å². The highest BCUT2D eigenvalue weighted by Gasteiger charge is 2.16. The van der Waals surface area contributed by atoms with Crippen molar-refractivity contribution >= 4 is 29.3 Å². The Bertz CT molecular complexity index is 533. The first-order valence-corrected chi connectivity index (χ1v) is 7.76. The number of piperidine rings is 1. The molecular formula is C14H17FN2O3S. The first-order valence-electron chi connectivity index (χ1n) is 6.71. The molecule has 7 heteroatoms. The standard InChI is InChI=1S/C14H17FN2O3S/c15-11-2-1-9(14(19)20)7-12(11)17-13(18)8-21-10-3-5-16-6-4-10/h1-2,7,10,16H,3-6,8H2,(H,17,18)(H,19,20). The van der Waals surface area contributed by atoms with Crippen LogP contribution in [0.25, 0.3) is 0 Å². The van der Waals surface area contributed by atoms with Crippen molar-refractivity contribution in [2.45, 2.75) is 18.1 Å². The lowest BCUT2D eigenvalue weighted by atomic mass is 10.2. The maximum absolute atomic E-state index is 13.6. The normalized spacial score (nSPS) is 15.7. The van der Waals surface area contributed by atoms with Crippen molar-refractivity contribution < 1.29 is 19.1 Å². The highest BCUT2D eigenvalue weighted by Crippen LogP contribution is 2.21. The van der Waals surface area contributed by atoms with Crippen LogP contribution in [0.1, 0.15) is 23.2 Å². The number of thioether (sulfide) groups is 1. The van der Waals surface area contributed by atoms with Crippen LogP contribution in [0, 0.1) is 5.82 Å². The molecule has 1 aliphatic heterocycles. The number of benzene rings is 1. The minimum Gasteiger partial charge on any atom is -0.478 e. The fourth-order valence-electron chi connectivity index (χ4n) is 2.10. The molecule has 3 N–H and O–H groups in total. The largest absolute Gasteiger partial charge is 0.478 e. The van der Waals surface area contributed by atoms with E-state index >= 15 is 0 Å². The molecule has 1 amide bonds. The summed E-state index contributed by atoms with van der Waals surface area (Å²) in [7, 11) is 0. The number of nitrogens with one attached hydrogen (secondary N) is 2. The Labute approximate surface area is 126 Å². The molecule has 2 rings (SSSR count). The number of carbonyl (C=O) groups excluding carboxylic acids is 1. The van der Waals surface area contributed by atoms with Gasteiger partial charge >= 0.3 is 5.97 Å². The molecule has 0 spiro atoms. The predicted octanol–water partition coefficient (Wildman–Crippen LogP) is 1.95. The lowest BCUT2D eigenvalue weighted by molar-refractivity contribution is -0.113. The summed E-state index contributed by atoms with van der Waals surface area (Å²) in [6, 6.07) is 3.33. The van der Waals surface area contributed by atoms with E-state index in [1.54, 1.807) is 11.8 Å². The molecule has 1 saturated heterocycles. The Hall–Kier alpha value is -1.60. The van der Waals surface area contributed by atoms with E-state index in [4.69, 9.17) is 5.11 Å². The van der Waals surface area contributed by atoms with Crippen molar-refractivity contribution in [3.05, 3.63) is 29.6 Å². The summed E-state index contributed by atoms with van der Waals surface area (Å²) >= 11 is 1.55. The minimum atomic E-state index is -1.16. The van der Waals surface area contributed by atoms with Crippen molar-refractivity contribution in [2.75, 3.05) is 24.2 Å². The van der Waals surface area contributed by atoms with Gasteiger partial charge in [-0.05, 0) is 44.1 Å². The Morgan fingerprint density at radius 2 is 2.10 bits per heavy atom. The molecule has 1 aromatic rings. The molecule has 0 saturated carbocycles. The van der Waals surface area contributed by atoms with Gasteiger partial charge < -0.3 is 15.7 Å². The van der Waals surface area contributed by atoms with E-state index < -0.39 is 11.8 Å². The second-order valence-corrected chi connectivity index (χ2v) is 6.10. The third-order valence-electron chi connectivity index (χ3n) is 3.22. The molecule has 1 aliphatic rings. The van der Waals surface area contributed by atoms with Crippen LogP contribution in [-0.2, 0) is 4.79 Å². The lowest BCUT2D eigenvalue weighted by Crippen LogP contribution is -2.30. The van der Waals surface area contributed by atoms with Crippen LogP contribution in [0.2, 0.25) is 0 Å². The van der Waals surface area contributed by atoms with Gasteiger partial charge in [-0.15, -0.1) is 11.8 Å². The van der Waals surface area contributed by atoms with Crippen molar-refractivity contribution in [1.29, 1.82) is 0 Å². The van der Waals surface area contributed by atoms with Crippen LogP contribution in [0.4, 0.5) is 10.1 Å². The van der Waals surface area contributed by atoms with Crippen LogP contribution in [-0.4, -0.2) is 41.1 Å². The monoisotopic (exact) mass is 312 g/mol. The van der Waals surface area contributed by atoms with Gasteiger partial charge in [-0.2, -0.15) is 0 Å². The van der Waals surface area contributed by atoms with E-state index in [1.807, 2.05) is 0 Å². The zero-order valence-electron chi connectivity index (χ0n) is 11.4. The molecule has 5 nitrogen and oxygen atoms in total. The van der Waals surface area contributed by atoms with Crippen LogP contribution >= 0.6 is 11.8 Å². The number of hydrogen-bond donors (Lipinski definition) is 3. The molecule has 21 heavy (non-hydrogen) atoms. The molecule has 0 atom stereocenters. The number of amides is 1. The van der Waals surface area contributed by atoms with Crippen LogP contribution in [0.5, 0.6) is 0 Å². The molecule has 0 unspecified atom stereocenters. The van der Waals surface area contributed by atoms with Gasteiger partial charge in [-0.3, -0.25) is 4.79 Å². The number of rotatable bonds is 5.